The van der Waals surface area contributed by atoms with E-state index in [-0.39, 0.29) is 11.6 Å². The zero-order valence-corrected chi connectivity index (χ0v) is 29.1. The van der Waals surface area contributed by atoms with Crippen LogP contribution in [-0.4, -0.2) is 4.57 Å². The van der Waals surface area contributed by atoms with E-state index in [1.54, 1.807) is 0 Å². The minimum atomic E-state index is -0.321. The van der Waals surface area contributed by atoms with Crippen LogP contribution in [0.5, 0.6) is 5.75 Å². The van der Waals surface area contributed by atoms with Crippen molar-refractivity contribution in [2.24, 2.45) is 4.99 Å². The third-order valence-electron chi connectivity index (χ3n) is 8.64. The summed E-state index contributed by atoms with van der Waals surface area (Å²) < 4.78 is 10.3. The Morgan fingerprint density at radius 2 is 1.65 bits per heavy atom. The molecule has 0 N–H and O–H groups in total. The maximum absolute atomic E-state index is 14.2. The number of rotatable bonds is 5. The smallest absolute Gasteiger partial charge is 0.271 e. The largest absolute Gasteiger partial charge is 0.487 e. The van der Waals surface area contributed by atoms with Gasteiger partial charge >= 0.3 is 0 Å². The standard InChI is InChI=1S/C38H25Br2ClN2O2S/c39-30-18-22(19-31(40)36(30)45-21-25-11-7-10-23-8-1-3-12-26(23)25)20-33-37(44)43-35(28-14-5-6-15-32(28)41)29-17-16-24-9-2-4-13-27(24)34(29)42-38(43)46-33/h1-15,18-20,35H,16-17,21H2/t35-/m1/s1. The number of allylic oxidation sites excluding steroid dienone is 1. The van der Waals surface area contributed by atoms with Crippen LogP contribution in [0.2, 0.25) is 5.02 Å². The first-order valence-electron chi connectivity index (χ1n) is 14.9. The summed E-state index contributed by atoms with van der Waals surface area (Å²) >= 11 is 15.6. The first-order chi connectivity index (χ1) is 22.5. The van der Waals surface area contributed by atoms with Crippen molar-refractivity contribution in [2.75, 3.05) is 0 Å². The van der Waals surface area contributed by atoms with Crippen molar-refractivity contribution < 1.29 is 4.74 Å². The highest BCUT2D eigenvalue weighted by Gasteiger charge is 2.33. The minimum absolute atomic E-state index is 0.0809. The maximum atomic E-state index is 14.2. The number of nitrogens with zero attached hydrogens (tertiary/aromatic N) is 2. The molecule has 0 bridgehead atoms. The van der Waals surface area contributed by atoms with Gasteiger partial charge in [0.15, 0.2) is 4.80 Å². The summed E-state index contributed by atoms with van der Waals surface area (Å²) in [5, 5.41) is 2.99. The molecule has 0 saturated carbocycles. The number of hydrogen-bond acceptors (Lipinski definition) is 4. The van der Waals surface area contributed by atoms with Crippen LogP contribution in [0, 0.1) is 0 Å². The number of fused-ring (bicyclic) bond motifs is 4. The number of aromatic nitrogens is 1. The maximum Gasteiger partial charge on any atom is 0.271 e. The van der Waals surface area contributed by atoms with Crippen molar-refractivity contribution in [2.45, 2.75) is 25.5 Å². The highest BCUT2D eigenvalue weighted by atomic mass is 79.9. The number of hydrogen-bond donors (Lipinski definition) is 0. The van der Waals surface area contributed by atoms with E-state index in [1.165, 1.54) is 27.7 Å². The van der Waals surface area contributed by atoms with Gasteiger partial charge in [-0.3, -0.25) is 9.36 Å². The third-order valence-corrected chi connectivity index (χ3v) is 11.1. The van der Waals surface area contributed by atoms with Crippen LogP contribution in [0.25, 0.3) is 22.5 Å². The molecule has 8 heteroatoms. The van der Waals surface area contributed by atoms with Crippen molar-refractivity contribution in [1.82, 2.24) is 4.57 Å². The molecule has 1 aromatic heterocycles. The highest BCUT2D eigenvalue weighted by molar-refractivity contribution is 9.11. The molecule has 0 unspecified atom stereocenters. The molecule has 5 aromatic carbocycles. The molecule has 0 saturated heterocycles. The van der Waals surface area contributed by atoms with Crippen LogP contribution in [0.1, 0.15) is 40.3 Å². The fourth-order valence-corrected chi connectivity index (χ4v) is 9.21. The fourth-order valence-electron chi connectivity index (χ4n) is 6.52. The Labute approximate surface area is 291 Å². The van der Waals surface area contributed by atoms with E-state index in [9.17, 15) is 4.79 Å². The normalized spacial score (nSPS) is 15.7. The molecule has 0 spiro atoms. The van der Waals surface area contributed by atoms with Crippen LogP contribution in [0.3, 0.4) is 0 Å². The second-order valence-corrected chi connectivity index (χ2v) is 14.5. The van der Waals surface area contributed by atoms with Gasteiger partial charge < -0.3 is 4.74 Å². The van der Waals surface area contributed by atoms with Crippen molar-refractivity contribution >= 4 is 77.3 Å². The second-order valence-electron chi connectivity index (χ2n) is 11.4. The molecule has 8 rings (SSSR count). The minimum Gasteiger partial charge on any atom is -0.487 e. The summed E-state index contributed by atoms with van der Waals surface area (Å²) in [6.07, 6.45) is 3.64. The lowest BCUT2D eigenvalue weighted by atomic mass is 9.83. The Balaban J connectivity index is 1.20. The summed E-state index contributed by atoms with van der Waals surface area (Å²) in [5.41, 5.74) is 7.30. The zero-order chi connectivity index (χ0) is 31.4. The number of aryl methyl sites for hydroxylation is 1. The van der Waals surface area contributed by atoms with Crippen LogP contribution in [-0.2, 0) is 13.0 Å². The molecule has 6 aromatic rings. The Hall–Kier alpha value is -3.75. The third kappa shape index (κ3) is 5.20. The molecule has 0 radical (unpaired) electrons. The van der Waals surface area contributed by atoms with Gasteiger partial charge in [-0.25, -0.2) is 4.99 Å². The lowest BCUT2D eigenvalue weighted by Crippen LogP contribution is -2.38. The van der Waals surface area contributed by atoms with Gasteiger partial charge in [-0.15, -0.1) is 0 Å². The Bertz CT molecular complexity index is 2380. The molecule has 0 amide bonds. The molecule has 4 nitrogen and oxygen atoms in total. The Kier molecular flexibility index (Phi) is 7.81. The van der Waals surface area contributed by atoms with Gasteiger partial charge in [0.05, 0.1) is 25.2 Å². The summed E-state index contributed by atoms with van der Waals surface area (Å²) in [5.74, 6) is 0.705. The second kappa shape index (κ2) is 12.1. The van der Waals surface area contributed by atoms with E-state index in [4.69, 9.17) is 21.3 Å². The lowest BCUT2D eigenvalue weighted by Gasteiger charge is -2.31. The molecule has 0 fully saturated rings. The van der Waals surface area contributed by atoms with Gasteiger partial charge in [0.1, 0.15) is 12.4 Å². The molecular formula is C38H25Br2ClN2O2S. The van der Waals surface area contributed by atoms with Gasteiger partial charge in [-0.05, 0) is 108 Å². The summed E-state index contributed by atoms with van der Waals surface area (Å²) in [4.78, 5) is 20.0. The van der Waals surface area contributed by atoms with Crippen LogP contribution in [0.15, 0.2) is 127 Å². The average molecular weight is 769 g/mol. The quantitative estimate of drug-likeness (QED) is 0.176. The molecule has 1 aliphatic heterocycles. The van der Waals surface area contributed by atoms with Gasteiger partial charge in [0.2, 0.25) is 0 Å². The van der Waals surface area contributed by atoms with E-state index < -0.39 is 0 Å². The number of thiazole rings is 1. The fraction of sp³-hybridized carbons (Fsp3) is 0.105. The molecular weight excluding hydrogens is 744 g/mol. The van der Waals surface area contributed by atoms with E-state index in [0.29, 0.717) is 26.7 Å². The summed E-state index contributed by atoms with van der Waals surface area (Å²) in [7, 11) is 0. The van der Waals surface area contributed by atoms with Crippen LogP contribution >= 0.6 is 54.8 Å². The zero-order valence-electron chi connectivity index (χ0n) is 24.3. The molecule has 46 heavy (non-hydrogen) atoms. The molecule has 2 aliphatic rings. The SMILES string of the molecule is O=c1c(=Cc2cc(Br)c(OCc3cccc4ccccc34)c(Br)c2)sc2n1[C@H](c1ccccc1Cl)C1=C(N=2)c2ccccc2CC1. The van der Waals surface area contributed by atoms with Gasteiger partial charge in [-0.1, -0.05) is 108 Å². The van der Waals surface area contributed by atoms with Crippen molar-refractivity contribution in [3.05, 3.63) is 170 Å². The average Bonchev–Trinajstić information content (AvgIpc) is 3.37. The van der Waals surface area contributed by atoms with Crippen LogP contribution < -0.4 is 19.6 Å². The van der Waals surface area contributed by atoms with Crippen molar-refractivity contribution in [3.63, 3.8) is 0 Å². The highest BCUT2D eigenvalue weighted by Crippen LogP contribution is 2.43. The van der Waals surface area contributed by atoms with Gasteiger partial charge in [-0.2, -0.15) is 0 Å². The van der Waals surface area contributed by atoms with Crippen LogP contribution in [0.4, 0.5) is 0 Å². The summed E-state index contributed by atoms with van der Waals surface area (Å²) in [6.45, 7) is 0.423. The topological polar surface area (TPSA) is 43.6 Å². The lowest BCUT2D eigenvalue weighted by molar-refractivity contribution is 0.303. The van der Waals surface area contributed by atoms with Gasteiger partial charge in [0.25, 0.3) is 5.56 Å². The monoisotopic (exact) mass is 766 g/mol. The number of benzene rings is 5. The Morgan fingerprint density at radius 3 is 2.50 bits per heavy atom. The summed E-state index contributed by atoms with van der Waals surface area (Å²) in [6, 6.07) is 34.4. The van der Waals surface area contributed by atoms with E-state index in [1.807, 2.05) is 59.2 Å². The Morgan fingerprint density at radius 1 is 0.913 bits per heavy atom. The first-order valence-corrected chi connectivity index (χ1v) is 17.7. The molecule has 226 valence electrons. The first kappa shape index (κ1) is 29.6. The molecule has 1 atom stereocenters. The van der Waals surface area contributed by atoms with Gasteiger partial charge in [0, 0.05) is 10.6 Å². The predicted octanol–water partition coefficient (Wildman–Crippen LogP) is 9.23. The number of halogens is 3. The van der Waals surface area contributed by atoms with Crippen molar-refractivity contribution in [1.29, 1.82) is 0 Å². The van der Waals surface area contributed by atoms with E-state index in [2.05, 4.69) is 86.5 Å². The number of ether oxygens (including phenoxy) is 1. The predicted molar refractivity (Wildman–Crippen MR) is 194 cm³/mol. The van der Waals surface area contributed by atoms with Crippen molar-refractivity contribution in [3.8, 4) is 5.75 Å². The molecule has 1 aliphatic carbocycles. The molecule has 2 heterocycles. The van der Waals surface area contributed by atoms with E-state index in [0.717, 1.165) is 55.3 Å². The van der Waals surface area contributed by atoms with E-state index >= 15 is 0 Å².